The van der Waals surface area contributed by atoms with E-state index in [4.69, 9.17) is 0 Å². The second kappa shape index (κ2) is 7.88. The average Bonchev–Trinajstić information content (AvgIpc) is 2.39. The van der Waals surface area contributed by atoms with Crippen LogP contribution in [0, 0.1) is 12.8 Å². The maximum absolute atomic E-state index is 12.0. The van der Waals surface area contributed by atoms with E-state index in [1.54, 1.807) is 0 Å². The van der Waals surface area contributed by atoms with E-state index in [0.717, 1.165) is 13.1 Å². The third kappa shape index (κ3) is 5.20. The molecule has 1 amide bonds. The lowest BCUT2D eigenvalue weighted by Gasteiger charge is -2.24. The molecule has 0 aromatic heterocycles. The maximum atomic E-state index is 12.0. The van der Waals surface area contributed by atoms with Crippen molar-refractivity contribution in [3.05, 3.63) is 41.0 Å². The van der Waals surface area contributed by atoms with Crippen molar-refractivity contribution in [2.45, 2.75) is 41.0 Å². The molecule has 0 aliphatic heterocycles. The van der Waals surface area contributed by atoms with Gasteiger partial charge in [0.25, 0.3) is 0 Å². The number of rotatable bonds is 6. The van der Waals surface area contributed by atoms with Gasteiger partial charge in [-0.1, -0.05) is 56.7 Å². The van der Waals surface area contributed by atoms with Crippen LogP contribution in [0.5, 0.6) is 0 Å². The normalized spacial score (nSPS) is 11.8. The molecule has 0 saturated heterocycles. The molecular formula is C18H27NO. The fraction of sp³-hybridized carbons (Fsp3) is 0.500. The Kier molecular flexibility index (Phi) is 6.50. The molecule has 0 aliphatic rings. The van der Waals surface area contributed by atoms with Gasteiger partial charge in [-0.2, -0.15) is 0 Å². The molecule has 0 bridgehead atoms. The van der Waals surface area contributed by atoms with Gasteiger partial charge >= 0.3 is 0 Å². The summed E-state index contributed by atoms with van der Waals surface area (Å²) in [5.41, 5.74) is 3.73. The van der Waals surface area contributed by atoms with Gasteiger partial charge < -0.3 is 4.90 Å². The minimum absolute atomic E-state index is 0.233. The highest BCUT2D eigenvalue weighted by Gasteiger charge is 2.13. The SMILES string of the molecule is CCC(=O)N(C/C(C)=C/c1ccccc1C)CC(C)C. The number of nitrogens with zero attached hydrogens (tertiary/aromatic N) is 1. The lowest BCUT2D eigenvalue weighted by molar-refractivity contribution is -0.130. The van der Waals surface area contributed by atoms with E-state index in [2.05, 4.69) is 52.0 Å². The molecule has 0 saturated carbocycles. The van der Waals surface area contributed by atoms with E-state index in [0.29, 0.717) is 12.3 Å². The fourth-order valence-electron chi connectivity index (χ4n) is 2.28. The van der Waals surface area contributed by atoms with Gasteiger partial charge in [0.15, 0.2) is 0 Å². The summed E-state index contributed by atoms with van der Waals surface area (Å²) < 4.78 is 0. The first-order valence-electron chi connectivity index (χ1n) is 7.44. The van der Waals surface area contributed by atoms with Crippen LogP contribution < -0.4 is 0 Å². The van der Waals surface area contributed by atoms with Gasteiger partial charge in [-0.05, 0) is 30.9 Å². The summed E-state index contributed by atoms with van der Waals surface area (Å²) in [6.45, 7) is 12.0. The Morgan fingerprint density at radius 2 is 1.95 bits per heavy atom. The number of carbonyl (C=O) groups is 1. The smallest absolute Gasteiger partial charge is 0.222 e. The van der Waals surface area contributed by atoms with Gasteiger partial charge in [-0.3, -0.25) is 4.79 Å². The molecule has 0 N–H and O–H groups in total. The highest BCUT2D eigenvalue weighted by atomic mass is 16.2. The molecular weight excluding hydrogens is 246 g/mol. The molecule has 2 nitrogen and oxygen atoms in total. The lowest BCUT2D eigenvalue weighted by atomic mass is 10.1. The van der Waals surface area contributed by atoms with Gasteiger partial charge in [-0.15, -0.1) is 0 Å². The summed E-state index contributed by atoms with van der Waals surface area (Å²) in [6.07, 6.45) is 2.76. The van der Waals surface area contributed by atoms with Gasteiger partial charge in [-0.25, -0.2) is 0 Å². The molecule has 0 heterocycles. The summed E-state index contributed by atoms with van der Waals surface area (Å²) >= 11 is 0. The van der Waals surface area contributed by atoms with Crippen LogP contribution in [0.1, 0.15) is 45.2 Å². The molecule has 110 valence electrons. The molecule has 1 aromatic carbocycles. The Bertz CT molecular complexity index is 474. The molecule has 0 aliphatic carbocycles. The quantitative estimate of drug-likeness (QED) is 0.757. The summed E-state index contributed by atoms with van der Waals surface area (Å²) in [6, 6.07) is 8.33. The van der Waals surface area contributed by atoms with Gasteiger partial charge in [0.1, 0.15) is 0 Å². The zero-order valence-corrected chi connectivity index (χ0v) is 13.4. The minimum Gasteiger partial charge on any atom is -0.338 e. The largest absolute Gasteiger partial charge is 0.338 e. The van der Waals surface area contributed by atoms with Crippen LogP contribution in [0.4, 0.5) is 0 Å². The van der Waals surface area contributed by atoms with Crippen molar-refractivity contribution in [2.24, 2.45) is 5.92 Å². The van der Waals surface area contributed by atoms with E-state index in [1.807, 2.05) is 17.9 Å². The van der Waals surface area contributed by atoms with E-state index < -0.39 is 0 Å². The predicted octanol–water partition coefficient (Wildman–Crippen LogP) is 4.29. The third-order valence-electron chi connectivity index (χ3n) is 3.27. The van der Waals surface area contributed by atoms with Gasteiger partial charge in [0.05, 0.1) is 0 Å². The molecule has 0 atom stereocenters. The Morgan fingerprint density at radius 3 is 2.50 bits per heavy atom. The average molecular weight is 273 g/mol. The fourth-order valence-corrected chi connectivity index (χ4v) is 2.28. The maximum Gasteiger partial charge on any atom is 0.222 e. The van der Waals surface area contributed by atoms with Crippen LogP contribution >= 0.6 is 0 Å². The molecule has 1 aromatic rings. The van der Waals surface area contributed by atoms with Gasteiger partial charge in [0, 0.05) is 19.5 Å². The second-order valence-corrected chi connectivity index (χ2v) is 5.87. The van der Waals surface area contributed by atoms with Crippen LogP contribution in [-0.2, 0) is 4.79 Å². The highest BCUT2D eigenvalue weighted by molar-refractivity contribution is 5.76. The van der Waals surface area contributed by atoms with E-state index >= 15 is 0 Å². The first-order valence-corrected chi connectivity index (χ1v) is 7.44. The van der Waals surface area contributed by atoms with Crippen LogP contribution in [0.25, 0.3) is 6.08 Å². The summed E-state index contributed by atoms with van der Waals surface area (Å²) in [4.78, 5) is 14.0. The zero-order valence-electron chi connectivity index (χ0n) is 13.4. The Labute approximate surface area is 123 Å². The molecule has 0 spiro atoms. The predicted molar refractivity (Wildman–Crippen MR) is 86.5 cm³/mol. The van der Waals surface area contributed by atoms with Crippen molar-refractivity contribution in [2.75, 3.05) is 13.1 Å². The van der Waals surface area contributed by atoms with E-state index in [1.165, 1.54) is 16.7 Å². The van der Waals surface area contributed by atoms with Crippen molar-refractivity contribution in [1.82, 2.24) is 4.90 Å². The third-order valence-corrected chi connectivity index (χ3v) is 3.27. The second-order valence-electron chi connectivity index (χ2n) is 5.87. The van der Waals surface area contributed by atoms with Crippen LogP contribution in [0.2, 0.25) is 0 Å². The molecule has 2 heteroatoms. The minimum atomic E-state index is 0.233. The van der Waals surface area contributed by atoms with Crippen molar-refractivity contribution < 1.29 is 4.79 Å². The summed E-state index contributed by atoms with van der Waals surface area (Å²) in [7, 11) is 0. The lowest BCUT2D eigenvalue weighted by Crippen LogP contribution is -2.34. The van der Waals surface area contributed by atoms with Crippen molar-refractivity contribution in [1.29, 1.82) is 0 Å². The van der Waals surface area contributed by atoms with Gasteiger partial charge in [0.2, 0.25) is 5.91 Å². The molecule has 1 rings (SSSR count). The molecule has 0 radical (unpaired) electrons. The van der Waals surface area contributed by atoms with Crippen molar-refractivity contribution >= 4 is 12.0 Å². The monoisotopic (exact) mass is 273 g/mol. The number of amides is 1. The van der Waals surface area contributed by atoms with Crippen molar-refractivity contribution in [3.8, 4) is 0 Å². The van der Waals surface area contributed by atoms with Crippen LogP contribution in [0.3, 0.4) is 0 Å². The number of hydrogen-bond acceptors (Lipinski definition) is 1. The number of hydrogen-bond donors (Lipinski definition) is 0. The standard InChI is InChI=1S/C18H27NO/c1-6-18(20)19(12-14(2)3)13-15(4)11-17-10-8-7-9-16(17)5/h7-11,14H,6,12-13H2,1-5H3/b15-11+. The van der Waals surface area contributed by atoms with Crippen LogP contribution in [-0.4, -0.2) is 23.9 Å². The van der Waals surface area contributed by atoms with Crippen molar-refractivity contribution in [3.63, 3.8) is 0 Å². The first-order chi connectivity index (χ1) is 9.43. The topological polar surface area (TPSA) is 20.3 Å². The molecule has 0 unspecified atom stereocenters. The Morgan fingerprint density at radius 1 is 1.30 bits per heavy atom. The zero-order chi connectivity index (χ0) is 15.1. The highest BCUT2D eigenvalue weighted by Crippen LogP contribution is 2.13. The van der Waals surface area contributed by atoms with Crippen LogP contribution in [0.15, 0.2) is 29.8 Å². The number of benzene rings is 1. The van der Waals surface area contributed by atoms with E-state index in [9.17, 15) is 4.79 Å². The first kappa shape index (κ1) is 16.5. The molecule has 20 heavy (non-hydrogen) atoms. The Balaban J connectivity index is 2.82. The number of aryl methyl sites for hydroxylation is 1. The summed E-state index contributed by atoms with van der Waals surface area (Å²) in [5.74, 6) is 0.730. The number of carbonyl (C=O) groups excluding carboxylic acids is 1. The summed E-state index contributed by atoms with van der Waals surface area (Å²) in [5, 5.41) is 0. The molecule has 0 fully saturated rings. The Hall–Kier alpha value is -1.57. The van der Waals surface area contributed by atoms with E-state index in [-0.39, 0.29) is 5.91 Å².